The molecule has 0 radical (unpaired) electrons. The lowest BCUT2D eigenvalue weighted by molar-refractivity contribution is 0.0858. The number of ether oxygens (including phenoxy) is 1. The van der Waals surface area contributed by atoms with Crippen LogP contribution in [0.15, 0.2) is 60.9 Å². The van der Waals surface area contributed by atoms with Crippen LogP contribution < -0.4 is 10.6 Å². The number of carbonyl (C=O) groups is 1. The molecule has 1 unspecified atom stereocenters. The number of anilines is 2. The molecule has 148 valence electrons. The van der Waals surface area contributed by atoms with Crippen LogP contribution in [0.3, 0.4) is 0 Å². The van der Waals surface area contributed by atoms with Crippen LogP contribution in [0.25, 0.3) is 11.3 Å². The summed E-state index contributed by atoms with van der Waals surface area (Å²) in [5.74, 6) is 0.140. The first kappa shape index (κ1) is 19.0. The van der Waals surface area contributed by atoms with E-state index in [1.54, 1.807) is 30.3 Å². The molecule has 1 aliphatic heterocycles. The van der Waals surface area contributed by atoms with Crippen LogP contribution >= 0.6 is 0 Å². The quantitative estimate of drug-likeness (QED) is 0.665. The molecule has 0 aliphatic carbocycles. The monoisotopic (exact) mass is 392 g/mol. The predicted octanol–water partition coefficient (Wildman–Crippen LogP) is 3.94. The predicted molar refractivity (Wildman–Crippen MR) is 108 cm³/mol. The normalized spacial score (nSPS) is 15.8. The van der Waals surface area contributed by atoms with E-state index in [-0.39, 0.29) is 17.8 Å². The second kappa shape index (κ2) is 8.79. The van der Waals surface area contributed by atoms with E-state index in [1.807, 2.05) is 12.1 Å². The van der Waals surface area contributed by atoms with Crippen LogP contribution in [-0.2, 0) is 4.74 Å². The highest BCUT2D eigenvalue weighted by atomic mass is 19.1. The number of carbonyl (C=O) groups excluding carboxylic acids is 1. The third-order valence-corrected chi connectivity index (χ3v) is 4.72. The minimum Gasteiger partial charge on any atom is -0.376 e. The average Bonchev–Trinajstić information content (AvgIpc) is 3.26. The van der Waals surface area contributed by atoms with Crippen molar-refractivity contribution in [1.29, 1.82) is 0 Å². The van der Waals surface area contributed by atoms with E-state index in [9.17, 15) is 9.18 Å². The number of hydrogen-bond acceptors (Lipinski definition) is 5. The van der Waals surface area contributed by atoms with Gasteiger partial charge in [0.2, 0.25) is 0 Å². The summed E-state index contributed by atoms with van der Waals surface area (Å²) in [6.45, 7) is 1.30. The van der Waals surface area contributed by atoms with E-state index in [4.69, 9.17) is 4.74 Å². The summed E-state index contributed by atoms with van der Waals surface area (Å²) in [6.07, 6.45) is 3.57. The number of nitrogens with one attached hydrogen (secondary N) is 2. The first-order valence-corrected chi connectivity index (χ1v) is 9.52. The first-order valence-electron chi connectivity index (χ1n) is 9.52. The maximum Gasteiger partial charge on any atom is 0.251 e. The van der Waals surface area contributed by atoms with Gasteiger partial charge in [-0.25, -0.2) is 14.4 Å². The van der Waals surface area contributed by atoms with Gasteiger partial charge in [0, 0.05) is 36.0 Å². The highest BCUT2D eigenvalue weighted by Gasteiger charge is 2.16. The molecule has 29 heavy (non-hydrogen) atoms. The van der Waals surface area contributed by atoms with Crippen LogP contribution in [0, 0.1) is 5.82 Å². The lowest BCUT2D eigenvalue weighted by Gasteiger charge is -2.11. The van der Waals surface area contributed by atoms with Crippen LogP contribution in [0.4, 0.5) is 15.9 Å². The third-order valence-electron chi connectivity index (χ3n) is 4.72. The minimum absolute atomic E-state index is 0.116. The van der Waals surface area contributed by atoms with Gasteiger partial charge in [0.1, 0.15) is 18.0 Å². The molecule has 1 amide bonds. The zero-order chi connectivity index (χ0) is 20.1. The number of halogens is 1. The fourth-order valence-electron chi connectivity index (χ4n) is 3.20. The Labute approximate surface area is 168 Å². The molecule has 0 spiro atoms. The number of nitrogens with zero attached hydrogens (tertiary/aromatic N) is 2. The van der Waals surface area contributed by atoms with Crippen LogP contribution in [0.1, 0.15) is 23.2 Å². The molecule has 1 aromatic heterocycles. The van der Waals surface area contributed by atoms with Crippen molar-refractivity contribution in [1.82, 2.24) is 15.3 Å². The van der Waals surface area contributed by atoms with Crippen molar-refractivity contribution >= 4 is 17.4 Å². The van der Waals surface area contributed by atoms with E-state index in [0.717, 1.165) is 25.1 Å². The molecule has 6 nitrogen and oxygen atoms in total. The van der Waals surface area contributed by atoms with Gasteiger partial charge in [0.05, 0.1) is 11.8 Å². The molecule has 3 aromatic rings. The van der Waals surface area contributed by atoms with Crippen molar-refractivity contribution in [3.05, 3.63) is 72.3 Å². The maximum atomic E-state index is 13.4. The number of rotatable bonds is 6. The van der Waals surface area contributed by atoms with Gasteiger partial charge in [-0.1, -0.05) is 12.1 Å². The molecule has 4 rings (SSSR count). The Morgan fingerprint density at radius 1 is 1.14 bits per heavy atom. The van der Waals surface area contributed by atoms with Gasteiger partial charge in [0.15, 0.2) is 0 Å². The third kappa shape index (κ3) is 4.94. The molecule has 2 N–H and O–H groups in total. The van der Waals surface area contributed by atoms with Gasteiger partial charge in [-0.05, 0) is 49.2 Å². The zero-order valence-corrected chi connectivity index (χ0v) is 15.8. The number of amides is 1. The fourth-order valence-corrected chi connectivity index (χ4v) is 3.20. The van der Waals surface area contributed by atoms with Gasteiger partial charge < -0.3 is 15.4 Å². The first-order chi connectivity index (χ1) is 14.2. The second-order valence-electron chi connectivity index (χ2n) is 6.85. The molecule has 1 saturated heterocycles. The van der Waals surface area contributed by atoms with Crippen LogP contribution in [-0.4, -0.2) is 35.1 Å². The molecule has 0 saturated carbocycles. The Balaban J connectivity index is 1.39. The van der Waals surface area contributed by atoms with Gasteiger partial charge in [-0.3, -0.25) is 4.79 Å². The number of benzene rings is 2. The fraction of sp³-hybridized carbons (Fsp3) is 0.227. The SMILES string of the molecule is O=C(NCC1CCCO1)c1ccc(Nc2cc(-c3cccc(F)c3)ncn2)cc1. The summed E-state index contributed by atoms with van der Waals surface area (Å²) in [5.41, 5.74) is 2.65. The number of hydrogen-bond donors (Lipinski definition) is 2. The average molecular weight is 392 g/mol. The summed E-state index contributed by atoms with van der Waals surface area (Å²) in [4.78, 5) is 20.7. The largest absolute Gasteiger partial charge is 0.376 e. The highest BCUT2D eigenvalue weighted by Crippen LogP contribution is 2.22. The molecule has 7 heteroatoms. The Bertz CT molecular complexity index is 988. The summed E-state index contributed by atoms with van der Waals surface area (Å²) >= 11 is 0. The maximum absolute atomic E-state index is 13.4. The zero-order valence-electron chi connectivity index (χ0n) is 15.8. The van der Waals surface area contributed by atoms with Crippen molar-refractivity contribution < 1.29 is 13.9 Å². The topological polar surface area (TPSA) is 76.1 Å². The van der Waals surface area contributed by atoms with Crippen molar-refractivity contribution in [3.63, 3.8) is 0 Å². The Hall–Kier alpha value is -3.32. The van der Waals surface area contributed by atoms with Crippen molar-refractivity contribution in [2.75, 3.05) is 18.5 Å². The standard InChI is InChI=1S/C22H21FN4O2/c23-17-4-1-3-16(11-17)20-12-21(26-14-25-20)27-18-8-6-15(7-9-18)22(28)24-13-19-5-2-10-29-19/h1,3-4,6-9,11-12,14,19H,2,5,10,13H2,(H,24,28)(H,25,26,27). The van der Waals surface area contributed by atoms with Crippen LogP contribution in [0.2, 0.25) is 0 Å². The lowest BCUT2D eigenvalue weighted by atomic mass is 10.1. The highest BCUT2D eigenvalue weighted by molar-refractivity contribution is 5.94. The molecule has 2 aromatic carbocycles. The van der Waals surface area contributed by atoms with E-state index >= 15 is 0 Å². The molecule has 2 heterocycles. The van der Waals surface area contributed by atoms with Gasteiger partial charge in [-0.15, -0.1) is 0 Å². The number of aromatic nitrogens is 2. The second-order valence-corrected chi connectivity index (χ2v) is 6.85. The van der Waals surface area contributed by atoms with E-state index < -0.39 is 0 Å². The molecule has 1 fully saturated rings. The smallest absolute Gasteiger partial charge is 0.251 e. The summed E-state index contributed by atoms with van der Waals surface area (Å²) in [5, 5.41) is 6.08. The molecule has 1 atom stereocenters. The Morgan fingerprint density at radius 3 is 2.76 bits per heavy atom. The summed E-state index contributed by atoms with van der Waals surface area (Å²) < 4.78 is 19.0. The van der Waals surface area contributed by atoms with Crippen molar-refractivity contribution in [2.24, 2.45) is 0 Å². The molecule has 0 bridgehead atoms. The van der Waals surface area contributed by atoms with Gasteiger partial charge in [-0.2, -0.15) is 0 Å². The van der Waals surface area contributed by atoms with E-state index in [2.05, 4.69) is 20.6 Å². The van der Waals surface area contributed by atoms with Crippen LogP contribution in [0.5, 0.6) is 0 Å². The molecule has 1 aliphatic rings. The van der Waals surface area contributed by atoms with E-state index in [0.29, 0.717) is 29.2 Å². The summed E-state index contributed by atoms with van der Waals surface area (Å²) in [6, 6.07) is 15.1. The Morgan fingerprint density at radius 2 is 2.00 bits per heavy atom. The summed E-state index contributed by atoms with van der Waals surface area (Å²) in [7, 11) is 0. The van der Waals surface area contributed by atoms with Crippen molar-refractivity contribution in [2.45, 2.75) is 18.9 Å². The van der Waals surface area contributed by atoms with Gasteiger partial charge in [0.25, 0.3) is 5.91 Å². The Kier molecular flexibility index (Phi) is 5.76. The van der Waals surface area contributed by atoms with E-state index in [1.165, 1.54) is 18.5 Å². The molecular formula is C22H21FN4O2. The lowest BCUT2D eigenvalue weighted by Crippen LogP contribution is -2.31. The minimum atomic E-state index is -0.316. The van der Waals surface area contributed by atoms with Gasteiger partial charge >= 0.3 is 0 Å². The molecular weight excluding hydrogens is 371 g/mol. The van der Waals surface area contributed by atoms with Crippen molar-refractivity contribution in [3.8, 4) is 11.3 Å².